The fraction of sp³-hybridized carbons (Fsp3) is 0.778. The highest BCUT2D eigenvalue weighted by Gasteiger charge is 2.18. The van der Waals surface area contributed by atoms with Gasteiger partial charge in [0, 0.05) is 19.1 Å². The van der Waals surface area contributed by atoms with Crippen LogP contribution in [0.5, 0.6) is 0 Å². The lowest BCUT2D eigenvalue weighted by Crippen LogP contribution is -2.45. The second-order valence-corrected chi connectivity index (χ2v) is 3.51. The molecule has 0 spiro atoms. The number of carboxylic acid groups (broad SMARTS) is 1. The van der Waals surface area contributed by atoms with Gasteiger partial charge in [0.1, 0.15) is 6.04 Å². The highest BCUT2D eigenvalue weighted by atomic mass is 16.4. The van der Waals surface area contributed by atoms with E-state index in [9.17, 15) is 9.59 Å². The third kappa shape index (κ3) is 6.87. The molecule has 0 aromatic heterocycles. The van der Waals surface area contributed by atoms with E-state index < -0.39 is 12.0 Å². The van der Waals surface area contributed by atoms with E-state index in [4.69, 9.17) is 10.2 Å². The Bertz CT molecular complexity index is 218. The molecular formula is C9H18N2O4. The van der Waals surface area contributed by atoms with E-state index in [1.165, 1.54) is 0 Å². The number of carbonyl (C=O) groups is 2. The summed E-state index contributed by atoms with van der Waals surface area (Å²) in [6.45, 7) is 3.58. The van der Waals surface area contributed by atoms with Crippen molar-refractivity contribution in [2.45, 2.75) is 32.4 Å². The highest BCUT2D eigenvalue weighted by molar-refractivity contribution is 5.84. The monoisotopic (exact) mass is 218 g/mol. The fourth-order valence-corrected chi connectivity index (χ4v) is 0.929. The topological polar surface area (TPSA) is 98.7 Å². The van der Waals surface area contributed by atoms with Crippen molar-refractivity contribution in [2.24, 2.45) is 0 Å². The second-order valence-electron chi connectivity index (χ2n) is 3.51. The molecule has 0 aliphatic carbocycles. The predicted molar refractivity (Wildman–Crippen MR) is 54.4 cm³/mol. The number of carbonyl (C=O) groups excluding carboxylic acids is 1. The van der Waals surface area contributed by atoms with Gasteiger partial charge in [-0.25, -0.2) is 4.79 Å². The molecule has 0 aromatic carbocycles. The summed E-state index contributed by atoms with van der Waals surface area (Å²) in [5.74, 6) is -1.52. The van der Waals surface area contributed by atoms with Crippen molar-refractivity contribution >= 4 is 11.9 Å². The van der Waals surface area contributed by atoms with Crippen LogP contribution in [0, 0.1) is 0 Å². The minimum atomic E-state index is -1.14. The second kappa shape index (κ2) is 7.19. The van der Waals surface area contributed by atoms with Gasteiger partial charge < -0.3 is 20.8 Å². The molecule has 4 N–H and O–H groups in total. The van der Waals surface area contributed by atoms with Gasteiger partial charge in [-0.15, -0.1) is 0 Å². The van der Waals surface area contributed by atoms with Crippen molar-refractivity contribution in [1.29, 1.82) is 0 Å². The van der Waals surface area contributed by atoms with Crippen LogP contribution < -0.4 is 10.6 Å². The van der Waals surface area contributed by atoms with Gasteiger partial charge in [0.15, 0.2) is 0 Å². The maximum absolute atomic E-state index is 11.2. The molecule has 0 unspecified atom stereocenters. The molecule has 0 aliphatic rings. The van der Waals surface area contributed by atoms with Gasteiger partial charge in [-0.1, -0.05) is 13.8 Å². The lowest BCUT2D eigenvalue weighted by molar-refractivity contribution is -0.142. The number of aliphatic hydroxyl groups excluding tert-OH is 1. The summed E-state index contributed by atoms with van der Waals surface area (Å²) in [4.78, 5) is 21.8. The normalized spacial score (nSPS) is 12.5. The molecule has 88 valence electrons. The van der Waals surface area contributed by atoms with Crippen LogP contribution in [0.4, 0.5) is 0 Å². The van der Waals surface area contributed by atoms with E-state index >= 15 is 0 Å². The third-order valence-electron chi connectivity index (χ3n) is 1.72. The van der Waals surface area contributed by atoms with Crippen molar-refractivity contribution in [3.05, 3.63) is 0 Å². The van der Waals surface area contributed by atoms with E-state index in [1.54, 1.807) is 0 Å². The predicted octanol–water partition coefficient (Wildman–Crippen LogP) is -1.06. The van der Waals surface area contributed by atoms with Crippen LogP contribution in [-0.4, -0.2) is 47.3 Å². The smallest absolute Gasteiger partial charge is 0.326 e. The Kier molecular flexibility index (Phi) is 6.64. The zero-order valence-corrected chi connectivity index (χ0v) is 8.99. The van der Waals surface area contributed by atoms with Crippen LogP contribution in [0.3, 0.4) is 0 Å². The minimum Gasteiger partial charge on any atom is -0.480 e. The minimum absolute atomic E-state index is 0.0166. The Morgan fingerprint density at radius 2 is 1.93 bits per heavy atom. The Labute approximate surface area is 88.7 Å². The first-order valence-corrected chi connectivity index (χ1v) is 4.83. The first-order chi connectivity index (χ1) is 6.97. The molecule has 0 saturated carbocycles. The fourth-order valence-electron chi connectivity index (χ4n) is 0.929. The molecule has 0 bridgehead atoms. The van der Waals surface area contributed by atoms with Crippen molar-refractivity contribution in [1.82, 2.24) is 10.6 Å². The average Bonchev–Trinajstić information content (AvgIpc) is 2.14. The van der Waals surface area contributed by atoms with Crippen molar-refractivity contribution < 1.29 is 19.8 Å². The molecule has 15 heavy (non-hydrogen) atoms. The maximum atomic E-state index is 11.2. The van der Waals surface area contributed by atoms with E-state index in [-0.39, 0.29) is 31.5 Å². The van der Waals surface area contributed by atoms with Crippen LogP contribution in [0.25, 0.3) is 0 Å². The number of carboxylic acids is 1. The molecule has 0 fully saturated rings. The summed E-state index contributed by atoms with van der Waals surface area (Å²) in [6.07, 6.45) is 0.0166. The highest BCUT2D eigenvalue weighted by Crippen LogP contribution is 1.91. The zero-order chi connectivity index (χ0) is 11.8. The van der Waals surface area contributed by atoms with Gasteiger partial charge in [-0.05, 0) is 0 Å². The number of rotatable bonds is 7. The van der Waals surface area contributed by atoms with Gasteiger partial charge in [0.25, 0.3) is 0 Å². The summed E-state index contributed by atoms with van der Waals surface area (Å²) in [5, 5.41) is 22.4. The van der Waals surface area contributed by atoms with Gasteiger partial charge in [-0.3, -0.25) is 4.79 Å². The standard InChI is InChI=1S/C9H18N2O4/c1-6(2)10-5-8(13)11-7(3-4-12)9(14)15/h6-7,10,12H,3-5H2,1-2H3,(H,11,13)(H,14,15)/t7-/m0/s1. The summed E-state index contributed by atoms with van der Waals surface area (Å²) < 4.78 is 0. The van der Waals surface area contributed by atoms with E-state index in [1.807, 2.05) is 13.8 Å². The Morgan fingerprint density at radius 1 is 1.33 bits per heavy atom. The maximum Gasteiger partial charge on any atom is 0.326 e. The molecule has 6 nitrogen and oxygen atoms in total. The van der Waals surface area contributed by atoms with Crippen LogP contribution in [-0.2, 0) is 9.59 Å². The van der Waals surface area contributed by atoms with Crippen molar-refractivity contribution in [3.8, 4) is 0 Å². The average molecular weight is 218 g/mol. The molecule has 0 aromatic rings. The van der Waals surface area contributed by atoms with E-state index in [2.05, 4.69) is 10.6 Å². The van der Waals surface area contributed by atoms with Gasteiger partial charge in [0.2, 0.25) is 5.91 Å². The number of nitrogens with one attached hydrogen (secondary N) is 2. The summed E-state index contributed by atoms with van der Waals surface area (Å²) >= 11 is 0. The molecule has 0 heterocycles. The summed E-state index contributed by atoms with van der Waals surface area (Å²) in [6, 6.07) is -0.853. The van der Waals surface area contributed by atoms with Gasteiger partial charge in [-0.2, -0.15) is 0 Å². The van der Waals surface area contributed by atoms with E-state index in [0.29, 0.717) is 0 Å². The first kappa shape index (κ1) is 13.9. The Morgan fingerprint density at radius 3 is 2.33 bits per heavy atom. The molecule has 1 atom stereocenters. The molecular weight excluding hydrogens is 200 g/mol. The third-order valence-corrected chi connectivity index (χ3v) is 1.72. The van der Waals surface area contributed by atoms with Crippen LogP contribution >= 0.6 is 0 Å². The Hall–Kier alpha value is -1.14. The first-order valence-electron chi connectivity index (χ1n) is 4.83. The quantitative estimate of drug-likeness (QED) is 0.436. The Balaban J connectivity index is 3.94. The molecule has 0 saturated heterocycles. The van der Waals surface area contributed by atoms with Crippen LogP contribution in [0.1, 0.15) is 20.3 Å². The molecule has 6 heteroatoms. The summed E-state index contributed by atoms with van der Waals surface area (Å²) in [7, 11) is 0. The van der Waals surface area contributed by atoms with Gasteiger partial charge >= 0.3 is 5.97 Å². The zero-order valence-electron chi connectivity index (χ0n) is 8.99. The SMILES string of the molecule is CC(C)NCC(=O)N[C@@H](CCO)C(=O)O. The molecule has 0 aliphatic heterocycles. The van der Waals surface area contributed by atoms with Crippen molar-refractivity contribution in [3.63, 3.8) is 0 Å². The lowest BCUT2D eigenvalue weighted by atomic mass is 10.2. The van der Waals surface area contributed by atoms with Crippen LogP contribution in [0.15, 0.2) is 0 Å². The van der Waals surface area contributed by atoms with E-state index in [0.717, 1.165) is 0 Å². The number of aliphatic hydroxyl groups is 1. The summed E-state index contributed by atoms with van der Waals surface area (Å²) in [5.41, 5.74) is 0. The number of aliphatic carboxylic acids is 1. The largest absolute Gasteiger partial charge is 0.480 e. The van der Waals surface area contributed by atoms with Crippen LogP contribution in [0.2, 0.25) is 0 Å². The molecule has 1 amide bonds. The lowest BCUT2D eigenvalue weighted by Gasteiger charge is -2.14. The van der Waals surface area contributed by atoms with Gasteiger partial charge in [0.05, 0.1) is 6.54 Å². The number of hydrogen-bond donors (Lipinski definition) is 4. The molecule has 0 rings (SSSR count). The molecule has 0 radical (unpaired) electrons. The number of amides is 1. The van der Waals surface area contributed by atoms with Crippen molar-refractivity contribution in [2.75, 3.05) is 13.2 Å². The number of hydrogen-bond acceptors (Lipinski definition) is 4.